The van der Waals surface area contributed by atoms with Gasteiger partial charge in [-0.1, -0.05) is 66.2 Å². The van der Waals surface area contributed by atoms with Crippen LogP contribution in [-0.4, -0.2) is 18.8 Å². The second-order valence-electron chi connectivity index (χ2n) is 7.69. The lowest BCUT2D eigenvalue weighted by atomic mass is 9.68. The Balaban J connectivity index is 2.23. The van der Waals surface area contributed by atoms with Gasteiger partial charge in [-0.2, -0.15) is 0 Å². The summed E-state index contributed by atoms with van der Waals surface area (Å²) in [6.07, 6.45) is 13.1. The van der Waals surface area contributed by atoms with Crippen molar-refractivity contribution in [1.29, 1.82) is 0 Å². The quantitative estimate of drug-likeness (QED) is 0.556. The minimum absolute atomic E-state index is 0.258. The summed E-state index contributed by atoms with van der Waals surface area (Å²) < 4.78 is 6.15. The van der Waals surface area contributed by atoms with Gasteiger partial charge in [0.05, 0.1) is 6.10 Å². The van der Waals surface area contributed by atoms with Crippen molar-refractivity contribution >= 4 is 0 Å². The highest BCUT2D eigenvalue weighted by atomic mass is 16.5. The topological polar surface area (TPSA) is 35.2 Å². The first-order valence-electron chi connectivity index (χ1n) is 9.38. The number of nitrogens with two attached hydrogens (primary N) is 1. The van der Waals surface area contributed by atoms with Gasteiger partial charge in [0.1, 0.15) is 0 Å². The highest BCUT2D eigenvalue weighted by Crippen LogP contribution is 2.40. The van der Waals surface area contributed by atoms with E-state index in [9.17, 15) is 0 Å². The van der Waals surface area contributed by atoms with E-state index in [0.29, 0.717) is 11.5 Å². The van der Waals surface area contributed by atoms with Crippen molar-refractivity contribution in [1.82, 2.24) is 0 Å². The maximum atomic E-state index is 6.28. The Hall–Kier alpha value is -0.0800. The third kappa shape index (κ3) is 6.69. The lowest BCUT2D eigenvalue weighted by molar-refractivity contribution is -0.0237. The molecule has 1 fully saturated rings. The van der Waals surface area contributed by atoms with Crippen molar-refractivity contribution in [2.24, 2.45) is 17.1 Å². The summed E-state index contributed by atoms with van der Waals surface area (Å²) in [4.78, 5) is 0. The molecule has 0 aliphatic heterocycles. The molecule has 0 bridgehead atoms. The van der Waals surface area contributed by atoms with E-state index in [2.05, 4.69) is 27.7 Å². The van der Waals surface area contributed by atoms with Crippen LogP contribution in [0.25, 0.3) is 0 Å². The first kappa shape index (κ1) is 19.0. The molecule has 2 heteroatoms. The van der Waals surface area contributed by atoms with Crippen LogP contribution >= 0.6 is 0 Å². The smallest absolute Gasteiger partial charge is 0.0728 e. The molecule has 0 aromatic rings. The van der Waals surface area contributed by atoms with Crippen LogP contribution in [0.1, 0.15) is 91.9 Å². The summed E-state index contributed by atoms with van der Waals surface area (Å²) in [5, 5.41) is 0. The Kier molecular flexibility index (Phi) is 8.89. The number of unbranched alkanes of at least 4 members (excludes halogenated alkanes) is 5. The fourth-order valence-corrected chi connectivity index (χ4v) is 3.46. The van der Waals surface area contributed by atoms with Gasteiger partial charge in [-0.25, -0.2) is 0 Å². The minimum atomic E-state index is 0.258. The predicted octanol–water partition coefficient (Wildman–Crippen LogP) is 5.30. The number of rotatable bonds is 10. The Bertz CT molecular complexity index is 264. The number of ether oxygens (including phenoxy) is 1. The van der Waals surface area contributed by atoms with Crippen LogP contribution in [0.5, 0.6) is 0 Å². The fraction of sp³-hybridized carbons (Fsp3) is 1.00. The molecule has 1 rings (SSSR count). The van der Waals surface area contributed by atoms with E-state index in [-0.39, 0.29) is 6.04 Å². The molecule has 0 aromatic carbocycles. The first-order valence-corrected chi connectivity index (χ1v) is 9.38. The molecule has 0 spiro atoms. The number of hydrogen-bond acceptors (Lipinski definition) is 2. The van der Waals surface area contributed by atoms with Crippen molar-refractivity contribution in [2.75, 3.05) is 6.61 Å². The zero-order valence-electron chi connectivity index (χ0n) is 15.0. The molecule has 0 aromatic heterocycles. The Morgan fingerprint density at radius 3 is 2.33 bits per heavy atom. The summed E-state index contributed by atoms with van der Waals surface area (Å²) in [5.74, 6) is 0.775. The first-order chi connectivity index (χ1) is 10.0. The van der Waals surface area contributed by atoms with Crippen molar-refractivity contribution in [3.63, 3.8) is 0 Å². The molecule has 0 radical (unpaired) electrons. The minimum Gasteiger partial charge on any atom is -0.377 e. The summed E-state index contributed by atoms with van der Waals surface area (Å²) >= 11 is 0. The van der Waals surface area contributed by atoms with Gasteiger partial charge in [0, 0.05) is 12.6 Å². The lowest BCUT2D eigenvalue weighted by Gasteiger charge is -2.42. The van der Waals surface area contributed by atoms with Gasteiger partial charge < -0.3 is 10.5 Å². The highest BCUT2D eigenvalue weighted by molar-refractivity contribution is 4.89. The summed E-state index contributed by atoms with van der Waals surface area (Å²) in [6.45, 7) is 10.3. The van der Waals surface area contributed by atoms with E-state index in [1.807, 2.05) is 0 Å². The molecular weight excluding hydrogens is 258 g/mol. The van der Waals surface area contributed by atoms with Crippen LogP contribution in [0.2, 0.25) is 0 Å². The van der Waals surface area contributed by atoms with E-state index < -0.39 is 0 Å². The average Bonchev–Trinajstić information content (AvgIpc) is 2.47. The molecule has 126 valence electrons. The van der Waals surface area contributed by atoms with Gasteiger partial charge in [-0.15, -0.1) is 0 Å². The highest BCUT2D eigenvalue weighted by Gasteiger charge is 2.36. The van der Waals surface area contributed by atoms with Gasteiger partial charge in [0.25, 0.3) is 0 Å². The SMILES string of the molecule is CCCCCCCCOC1CC(C(C)(C)CC)CCC1N. The van der Waals surface area contributed by atoms with Gasteiger partial charge in [0.15, 0.2) is 0 Å². The molecule has 21 heavy (non-hydrogen) atoms. The second kappa shape index (κ2) is 9.84. The van der Waals surface area contributed by atoms with E-state index in [1.165, 1.54) is 51.4 Å². The van der Waals surface area contributed by atoms with Gasteiger partial charge in [-0.3, -0.25) is 0 Å². The molecule has 2 nitrogen and oxygen atoms in total. The summed E-state index contributed by atoms with van der Waals surface area (Å²) in [5.41, 5.74) is 6.71. The molecule has 0 amide bonds. The normalized spacial score (nSPS) is 27.0. The molecule has 1 aliphatic rings. The molecule has 3 atom stereocenters. The Labute approximate surface area is 133 Å². The van der Waals surface area contributed by atoms with Crippen molar-refractivity contribution in [3.8, 4) is 0 Å². The molecule has 1 saturated carbocycles. The largest absolute Gasteiger partial charge is 0.377 e. The lowest BCUT2D eigenvalue weighted by Crippen LogP contribution is -2.45. The van der Waals surface area contributed by atoms with Crippen molar-refractivity contribution in [2.45, 2.75) is 104 Å². The Morgan fingerprint density at radius 1 is 1.00 bits per heavy atom. The molecule has 2 N–H and O–H groups in total. The third-order valence-corrected chi connectivity index (χ3v) is 5.69. The van der Waals surface area contributed by atoms with Gasteiger partial charge >= 0.3 is 0 Å². The maximum absolute atomic E-state index is 6.28. The van der Waals surface area contributed by atoms with Crippen molar-refractivity contribution in [3.05, 3.63) is 0 Å². The fourth-order valence-electron chi connectivity index (χ4n) is 3.46. The molecule has 0 saturated heterocycles. The van der Waals surface area contributed by atoms with Gasteiger partial charge in [0.2, 0.25) is 0 Å². The van der Waals surface area contributed by atoms with Crippen LogP contribution in [0, 0.1) is 11.3 Å². The molecule has 1 aliphatic carbocycles. The van der Waals surface area contributed by atoms with Crippen LogP contribution in [0.15, 0.2) is 0 Å². The van der Waals surface area contributed by atoms with Crippen LogP contribution in [0.4, 0.5) is 0 Å². The second-order valence-corrected chi connectivity index (χ2v) is 7.69. The summed E-state index contributed by atoms with van der Waals surface area (Å²) in [6, 6.07) is 0.258. The summed E-state index contributed by atoms with van der Waals surface area (Å²) in [7, 11) is 0. The van der Waals surface area contributed by atoms with Crippen LogP contribution in [0.3, 0.4) is 0 Å². The van der Waals surface area contributed by atoms with Crippen LogP contribution < -0.4 is 5.73 Å². The molecular formula is C19H39NO. The van der Waals surface area contributed by atoms with E-state index in [4.69, 9.17) is 10.5 Å². The van der Waals surface area contributed by atoms with Gasteiger partial charge in [-0.05, 0) is 37.0 Å². The molecule has 3 unspecified atom stereocenters. The third-order valence-electron chi connectivity index (χ3n) is 5.69. The van der Waals surface area contributed by atoms with Crippen molar-refractivity contribution < 1.29 is 4.74 Å². The number of hydrogen-bond donors (Lipinski definition) is 1. The van der Waals surface area contributed by atoms with Crippen LogP contribution in [-0.2, 0) is 4.74 Å². The monoisotopic (exact) mass is 297 g/mol. The van der Waals surface area contributed by atoms with E-state index >= 15 is 0 Å². The predicted molar refractivity (Wildman–Crippen MR) is 92.5 cm³/mol. The average molecular weight is 298 g/mol. The standard InChI is InChI=1S/C19H39NO/c1-5-7-8-9-10-11-14-21-18-15-16(12-13-17(18)20)19(3,4)6-2/h16-18H,5-15,20H2,1-4H3. The maximum Gasteiger partial charge on any atom is 0.0728 e. The Morgan fingerprint density at radius 2 is 1.67 bits per heavy atom. The zero-order chi connectivity index (χ0) is 15.7. The molecule has 0 heterocycles. The van der Waals surface area contributed by atoms with E-state index in [1.54, 1.807) is 0 Å². The van der Waals surface area contributed by atoms with E-state index in [0.717, 1.165) is 25.4 Å². The zero-order valence-corrected chi connectivity index (χ0v) is 15.0.